The summed E-state index contributed by atoms with van der Waals surface area (Å²) < 4.78 is 10.6. The fourth-order valence-electron chi connectivity index (χ4n) is 4.33. The van der Waals surface area contributed by atoms with Crippen LogP contribution in [0.5, 0.6) is 0 Å². The van der Waals surface area contributed by atoms with E-state index in [4.69, 9.17) is 9.47 Å². The van der Waals surface area contributed by atoms with Gasteiger partial charge in [-0.15, -0.1) is 0 Å². The molecule has 0 N–H and O–H groups in total. The SMILES string of the molecule is COCCCN1C(C)CN(C(=O)Cc2ccc(N3CCOCC3)cc2)CC1C. The lowest BCUT2D eigenvalue weighted by Crippen LogP contribution is -2.58. The topological polar surface area (TPSA) is 45.2 Å². The second-order valence-corrected chi connectivity index (χ2v) is 8.02. The highest BCUT2D eigenvalue weighted by molar-refractivity contribution is 5.79. The maximum absolute atomic E-state index is 12.9. The van der Waals surface area contributed by atoms with E-state index >= 15 is 0 Å². The summed E-state index contributed by atoms with van der Waals surface area (Å²) in [7, 11) is 1.75. The van der Waals surface area contributed by atoms with Gasteiger partial charge >= 0.3 is 0 Å². The van der Waals surface area contributed by atoms with Gasteiger partial charge in [-0.2, -0.15) is 0 Å². The zero-order chi connectivity index (χ0) is 19.9. The van der Waals surface area contributed by atoms with Gasteiger partial charge in [0.15, 0.2) is 0 Å². The number of hydrogen-bond donors (Lipinski definition) is 0. The first-order valence-corrected chi connectivity index (χ1v) is 10.5. The molecule has 2 aliphatic heterocycles. The molecule has 0 spiro atoms. The Morgan fingerprint density at radius 2 is 1.75 bits per heavy atom. The number of benzene rings is 1. The largest absolute Gasteiger partial charge is 0.385 e. The molecule has 6 heteroatoms. The van der Waals surface area contributed by atoms with Crippen LogP contribution >= 0.6 is 0 Å². The van der Waals surface area contributed by atoms with E-state index < -0.39 is 0 Å². The molecule has 0 bridgehead atoms. The van der Waals surface area contributed by atoms with Crippen molar-refractivity contribution in [2.45, 2.75) is 38.8 Å². The molecular formula is C22H35N3O3. The van der Waals surface area contributed by atoms with Gasteiger partial charge in [0.1, 0.15) is 0 Å². The minimum atomic E-state index is 0.231. The molecule has 28 heavy (non-hydrogen) atoms. The van der Waals surface area contributed by atoms with Gasteiger partial charge in [-0.3, -0.25) is 9.69 Å². The van der Waals surface area contributed by atoms with Gasteiger partial charge in [0, 0.05) is 64.2 Å². The van der Waals surface area contributed by atoms with Gasteiger partial charge in [0.2, 0.25) is 5.91 Å². The van der Waals surface area contributed by atoms with Crippen LogP contribution in [-0.4, -0.2) is 87.4 Å². The minimum Gasteiger partial charge on any atom is -0.385 e. The lowest BCUT2D eigenvalue weighted by molar-refractivity contribution is -0.134. The first-order chi connectivity index (χ1) is 13.6. The summed E-state index contributed by atoms with van der Waals surface area (Å²) in [5.74, 6) is 0.231. The first-order valence-electron chi connectivity index (χ1n) is 10.5. The maximum Gasteiger partial charge on any atom is 0.227 e. The number of rotatable bonds is 7. The van der Waals surface area contributed by atoms with Crippen molar-refractivity contribution in [2.75, 3.05) is 64.6 Å². The number of carbonyl (C=O) groups excluding carboxylic acids is 1. The number of anilines is 1. The Kier molecular flexibility index (Phi) is 7.71. The zero-order valence-corrected chi connectivity index (χ0v) is 17.6. The average molecular weight is 390 g/mol. The van der Waals surface area contributed by atoms with Gasteiger partial charge in [-0.1, -0.05) is 12.1 Å². The van der Waals surface area contributed by atoms with Crippen LogP contribution in [0.25, 0.3) is 0 Å². The normalized spacial score (nSPS) is 23.8. The Bertz CT molecular complexity index is 604. The van der Waals surface area contributed by atoms with E-state index in [9.17, 15) is 4.79 Å². The van der Waals surface area contributed by atoms with Gasteiger partial charge in [-0.05, 0) is 38.0 Å². The fourth-order valence-corrected chi connectivity index (χ4v) is 4.33. The Hall–Kier alpha value is -1.63. The monoisotopic (exact) mass is 389 g/mol. The Balaban J connectivity index is 1.52. The molecule has 2 saturated heterocycles. The van der Waals surface area contributed by atoms with Gasteiger partial charge in [0.25, 0.3) is 0 Å². The smallest absolute Gasteiger partial charge is 0.227 e. The summed E-state index contributed by atoms with van der Waals surface area (Å²) in [6.07, 6.45) is 1.52. The van der Waals surface area contributed by atoms with E-state index in [0.29, 0.717) is 18.5 Å². The van der Waals surface area contributed by atoms with E-state index in [0.717, 1.165) is 64.5 Å². The molecule has 156 valence electrons. The lowest BCUT2D eigenvalue weighted by atomic mass is 10.1. The van der Waals surface area contributed by atoms with Crippen LogP contribution in [-0.2, 0) is 20.7 Å². The molecule has 3 rings (SSSR count). The summed E-state index contributed by atoms with van der Waals surface area (Å²) in [6, 6.07) is 9.22. The number of piperazine rings is 1. The van der Waals surface area contributed by atoms with Crippen LogP contribution in [0.15, 0.2) is 24.3 Å². The molecule has 2 aliphatic rings. The van der Waals surface area contributed by atoms with Crippen LogP contribution in [0.1, 0.15) is 25.8 Å². The van der Waals surface area contributed by atoms with Crippen molar-refractivity contribution in [1.82, 2.24) is 9.80 Å². The summed E-state index contributed by atoms with van der Waals surface area (Å²) in [5.41, 5.74) is 2.30. The molecule has 2 unspecified atom stereocenters. The summed E-state index contributed by atoms with van der Waals surface area (Å²) in [4.78, 5) is 19.7. The van der Waals surface area contributed by atoms with Crippen LogP contribution in [0.2, 0.25) is 0 Å². The van der Waals surface area contributed by atoms with E-state index in [2.05, 4.69) is 47.9 Å². The van der Waals surface area contributed by atoms with Gasteiger partial charge in [-0.25, -0.2) is 0 Å². The minimum absolute atomic E-state index is 0.231. The Morgan fingerprint density at radius 3 is 2.36 bits per heavy atom. The van der Waals surface area contributed by atoms with Crippen molar-refractivity contribution in [3.8, 4) is 0 Å². The Morgan fingerprint density at radius 1 is 1.11 bits per heavy atom. The molecule has 2 fully saturated rings. The van der Waals surface area contributed by atoms with Crippen LogP contribution in [0, 0.1) is 0 Å². The molecule has 2 heterocycles. The second-order valence-electron chi connectivity index (χ2n) is 8.02. The average Bonchev–Trinajstić information content (AvgIpc) is 2.71. The molecule has 6 nitrogen and oxygen atoms in total. The van der Waals surface area contributed by atoms with E-state index in [1.807, 2.05) is 4.90 Å². The van der Waals surface area contributed by atoms with Crippen molar-refractivity contribution >= 4 is 11.6 Å². The number of amides is 1. The predicted molar refractivity (Wildman–Crippen MR) is 112 cm³/mol. The second kappa shape index (κ2) is 10.2. The van der Waals surface area contributed by atoms with Crippen LogP contribution < -0.4 is 4.90 Å². The highest BCUT2D eigenvalue weighted by Crippen LogP contribution is 2.20. The zero-order valence-electron chi connectivity index (χ0n) is 17.6. The number of carbonyl (C=O) groups is 1. The molecule has 1 amide bonds. The van der Waals surface area contributed by atoms with Crippen molar-refractivity contribution in [2.24, 2.45) is 0 Å². The number of morpholine rings is 1. The molecule has 0 aliphatic carbocycles. The van der Waals surface area contributed by atoms with E-state index in [1.165, 1.54) is 5.69 Å². The molecule has 1 aromatic rings. The molecule has 0 aromatic heterocycles. The van der Waals surface area contributed by atoms with Crippen LogP contribution in [0.4, 0.5) is 5.69 Å². The molecule has 1 aromatic carbocycles. The summed E-state index contributed by atoms with van der Waals surface area (Å²) >= 11 is 0. The van der Waals surface area contributed by atoms with Gasteiger partial charge < -0.3 is 19.3 Å². The molecular weight excluding hydrogens is 354 g/mol. The van der Waals surface area contributed by atoms with Crippen molar-refractivity contribution in [3.05, 3.63) is 29.8 Å². The number of hydrogen-bond acceptors (Lipinski definition) is 5. The quantitative estimate of drug-likeness (QED) is 0.668. The highest BCUT2D eigenvalue weighted by atomic mass is 16.5. The van der Waals surface area contributed by atoms with Gasteiger partial charge in [0.05, 0.1) is 19.6 Å². The van der Waals surface area contributed by atoms with Crippen molar-refractivity contribution < 1.29 is 14.3 Å². The lowest BCUT2D eigenvalue weighted by Gasteiger charge is -2.44. The van der Waals surface area contributed by atoms with Crippen molar-refractivity contribution in [1.29, 1.82) is 0 Å². The van der Waals surface area contributed by atoms with Crippen molar-refractivity contribution in [3.63, 3.8) is 0 Å². The van der Waals surface area contributed by atoms with E-state index in [-0.39, 0.29) is 5.91 Å². The predicted octanol–water partition coefficient (Wildman–Crippen LogP) is 2.02. The van der Waals surface area contributed by atoms with Crippen LogP contribution in [0.3, 0.4) is 0 Å². The summed E-state index contributed by atoms with van der Waals surface area (Å²) in [6.45, 7) is 11.3. The Labute approximate surface area is 169 Å². The standard InChI is InChI=1S/C22H35N3O3/c1-18-16-24(17-19(2)25(18)9-4-12-27-3)22(26)15-20-5-7-21(8-6-20)23-10-13-28-14-11-23/h5-8,18-19H,4,9-17H2,1-3H3. The highest BCUT2D eigenvalue weighted by Gasteiger charge is 2.31. The van der Waals surface area contributed by atoms with E-state index in [1.54, 1.807) is 7.11 Å². The summed E-state index contributed by atoms with van der Waals surface area (Å²) in [5, 5.41) is 0. The fraction of sp³-hybridized carbons (Fsp3) is 0.682. The maximum atomic E-state index is 12.9. The third-order valence-corrected chi connectivity index (χ3v) is 5.89. The number of methoxy groups -OCH3 is 1. The molecule has 0 radical (unpaired) electrons. The third-order valence-electron chi connectivity index (χ3n) is 5.89. The third kappa shape index (κ3) is 5.46. The molecule has 0 saturated carbocycles. The molecule has 2 atom stereocenters. The number of ether oxygens (including phenoxy) is 2. The first kappa shape index (κ1) is 21.1. The number of nitrogens with zero attached hydrogens (tertiary/aromatic N) is 3.